The number of rotatable bonds is 2. The maximum Gasteiger partial charge on any atom is 0.159 e. The third-order valence-electron chi connectivity index (χ3n) is 1.77. The number of ketones is 2. The Bertz CT molecular complexity index is 315. The van der Waals surface area contributed by atoms with Gasteiger partial charge < -0.3 is 5.11 Å². The summed E-state index contributed by atoms with van der Waals surface area (Å²) in [7, 11) is 0. The largest absolute Gasteiger partial charge is 0.386 e. The summed E-state index contributed by atoms with van der Waals surface area (Å²) in [5.74, 6) is -0.0643. The molecule has 0 aromatic heterocycles. The average molecular weight is 208 g/mol. The standard InChI is InChI=1S/C8H8O.C4H8O2/c1-7(9)8-5-3-2-4-6-8;1-3(5)4(2)6/h2-6H,1H3;3,5H,1-2H3. The lowest BCUT2D eigenvalue weighted by Crippen LogP contribution is -2.10. The molecule has 0 aliphatic rings. The van der Waals surface area contributed by atoms with Gasteiger partial charge in [0.15, 0.2) is 11.6 Å². The van der Waals surface area contributed by atoms with E-state index in [1.165, 1.54) is 13.8 Å². The first-order valence-electron chi connectivity index (χ1n) is 4.69. The SMILES string of the molecule is CC(=O)C(C)O.CC(=O)c1ccccc1. The van der Waals surface area contributed by atoms with Crippen molar-refractivity contribution in [3.8, 4) is 0 Å². The second-order valence-electron chi connectivity index (χ2n) is 3.21. The van der Waals surface area contributed by atoms with E-state index in [2.05, 4.69) is 0 Å². The summed E-state index contributed by atoms with van der Waals surface area (Å²) < 4.78 is 0. The van der Waals surface area contributed by atoms with Crippen molar-refractivity contribution in [3.05, 3.63) is 35.9 Å². The zero-order chi connectivity index (χ0) is 11.8. The van der Waals surface area contributed by atoms with Crippen LogP contribution in [-0.2, 0) is 4.79 Å². The summed E-state index contributed by atoms with van der Waals surface area (Å²) in [6.45, 7) is 4.36. The van der Waals surface area contributed by atoms with Crippen LogP contribution in [0.25, 0.3) is 0 Å². The Kier molecular flexibility index (Phi) is 6.22. The van der Waals surface area contributed by atoms with E-state index in [1.807, 2.05) is 30.3 Å². The van der Waals surface area contributed by atoms with Gasteiger partial charge in [-0.25, -0.2) is 0 Å². The van der Waals surface area contributed by atoms with E-state index in [4.69, 9.17) is 5.11 Å². The molecule has 1 rings (SSSR count). The van der Waals surface area contributed by atoms with E-state index in [1.54, 1.807) is 6.92 Å². The lowest BCUT2D eigenvalue weighted by atomic mass is 10.2. The number of hydrogen-bond acceptors (Lipinski definition) is 3. The lowest BCUT2D eigenvalue weighted by Gasteiger charge is -1.90. The minimum atomic E-state index is -0.787. The van der Waals surface area contributed by atoms with E-state index in [9.17, 15) is 9.59 Å². The normalized spacial score (nSPS) is 10.9. The monoisotopic (exact) mass is 208 g/mol. The van der Waals surface area contributed by atoms with Crippen LogP contribution in [0.3, 0.4) is 0 Å². The molecule has 0 spiro atoms. The summed E-state index contributed by atoms with van der Waals surface area (Å²) in [6.07, 6.45) is -0.787. The Balaban J connectivity index is 0.000000288. The van der Waals surface area contributed by atoms with Gasteiger partial charge in [-0.15, -0.1) is 0 Å². The highest BCUT2D eigenvalue weighted by Crippen LogP contribution is 1.97. The van der Waals surface area contributed by atoms with Crippen molar-refractivity contribution < 1.29 is 14.7 Å². The number of hydrogen-bond donors (Lipinski definition) is 1. The molecule has 1 atom stereocenters. The predicted octanol–water partition coefficient (Wildman–Crippen LogP) is 1.85. The number of aliphatic hydroxyl groups excluding tert-OH is 1. The predicted molar refractivity (Wildman–Crippen MR) is 58.8 cm³/mol. The van der Waals surface area contributed by atoms with Crippen molar-refractivity contribution in [1.82, 2.24) is 0 Å². The van der Waals surface area contributed by atoms with E-state index in [0.717, 1.165) is 5.56 Å². The van der Waals surface area contributed by atoms with E-state index in [-0.39, 0.29) is 11.6 Å². The molecule has 1 aromatic rings. The lowest BCUT2D eigenvalue weighted by molar-refractivity contribution is -0.124. The molecule has 0 aliphatic carbocycles. The van der Waals surface area contributed by atoms with Crippen molar-refractivity contribution in [2.45, 2.75) is 26.9 Å². The molecule has 0 bridgehead atoms. The Morgan fingerprint density at radius 1 is 1.13 bits per heavy atom. The van der Waals surface area contributed by atoms with E-state index in [0.29, 0.717) is 0 Å². The summed E-state index contributed by atoms with van der Waals surface area (Å²) in [5, 5.41) is 8.28. The van der Waals surface area contributed by atoms with Crippen LogP contribution < -0.4 is 0 Å². The summed E-state index contributed by atoms with van der Waals surface area (Å²) in [4.78, 5) is 20.5. The Morgan fingerprint density at radius 3 is 1.73 bits per heavy atom. The van der Waals surface area contributed by atoms with Crippen LogP contribution in [0.4, 0.5) is 0 Å². The van der Waals surface area contributed by atoms with Gasteiger partial charge in [-0.3, -0.25) is 9.59 Å². The maximum absolute atomic E-state index is 10.6. The molecule has 82 valence electrons. The number of aliphatic hydroxyl groups is 1. The van der Waals surface area contributed by atoms with Gasteiger partial charge in [-0.05, 0) is 20.8 Å². The van der Waals surface area contributed by atoms with Crippen molar-refractivity contribution in [3.63, 3.8) is 0 Å². The second kappa shape index (κ2) is 6.90. The third-order valence-corrected chi connectivity index (χ3v) is 1.77. The fourth-order valence-corrected chi connectivity index (χ4v) is 0.673. The third kappa shape index (κ3) is 6.57. The van der Waals surface area contributed by atoms with Gasteiger partial charge in [0.1, 0.15) is 6.10 Å². The van der Waals surface area contributed by atoms with Gasteiger partial charge >= 0.3 is 0 Å². The van der Waals surface area contributed by atoms with E-state index >= 15 is 0 Å². The van der Waals surface area contributed by atoms with Gasteiger partial charge in [0.2, 0.25) is 0 Å². The molecule has 3 heteroatoms. The zero-order valence-corrected chi connectivity index (χ0v) is 9.23. The minimum Gasteiger partial charge on any atom is -0.386 e. The molecule has 1 N–H and O–H groups in total. The average Bonchev–Trinajstić information content (AvgIpc) is 2.20. The molecule has 0 aliphatic heterocycles. The molecule has 15 heavy (non-hydrogen) atoms. The first kappa shape index (κ1) is 13.5. The van der Waals surface area contributed by atoms with Crippen LogP contribution >= 0.6 is 0 Å². The van der Waals surface area contributed by atoms with Crippen molar-refractivity contribution >= 4 is 11.6 Å². The van der Waals surface area contributed by atoms with Crippen LogP contribution in [-0.4, -0.2) is 22.8 Å². The highest BCUT2D eigenvalue weighted by atomic mass is 16.3. The van der Waals surface area contributed by atoms with Crippen LogP contribution in [0.2, 0.25) is 0 Å². The molecule has 0 fully saturated rings. The van der Waals surface area contributed by atoms with Crippen LogP contribution in [0, 0.1) is 0 Å². The van der Waals surface area contributed by atoms with Crippen molar-refractivity contribution in [2.24, 2.45) is 0 Å². The highest BCUT2D eigenvalue weighted by molar-refractivity contribution is 5.93. The maximum atomic E-state index is 10.6. The summed E-state index contributed by atoms with van der Waals surface area (Å²) in [5.41, 5.74) is 0.775. The molecular weight excluding hydrogens is 192 g/mol. The zero-order valence-electron chi connectivity index (χ0n) is 9.23. The van der Waals surface area contributed by atoms with Crippen molar-refractivity contribution in [1.29, 1.82) is 0 Å². The van der Waals surface area contributed by atoms with Crippen molar-refractivity contribution in [2.75, 3.05) is 0 Å². The Labute approximate surface area is 89.7 Å². The molecule has 0 saturated carbocycles. The van der Waals surface area contributed by atoms with Gasteiger partial charge in [-0.1, -0.05) is 30.3 Å². The van der Waals surface area contributed by atoms with Gasteiger partial charge in [-0.2, -0.15) is 0 Å². The molecular formula is C12H16O3. The van der Waals surface area contributed by atoms with E-state index < -0.39 is 6.10 Å². The molecule has 0 amide bonds. The molecule has 3 nitrogen and oxygen atoms in total. The fraction of sp³-hybridized carbons (Fsp3) is 0.333. The quantitative estimate of drug-likeness (QED) is 0.754. The number of carbonyl (C=O) groups is 2. The van der Waals surface area contributed by atoms with Gasteiger partial charge in [0.25, 0.3) is 0 Å². The number of Topliss-reactive ketones (excluding diaryl/α,β-unsaturated/α-hetero) is 2. The fourth-order valence-electron chi connectivity index (χ4n) is 0.673. The summed E-state index contributed by atoms with van der Waals surface area (Å²) in [6, 6.07) is 9.23. The molecule has 0 heterocycles. The molecule has 1 unspecified atom stereocenters. The highest BCUT2D eigenvalue weighted by Gasteiger charge is 1.97. The van der Waals surface area contributed by atoms with Gasteiger partial charge in [0, 0.05) is 5.56 Å². The second-order valence-corrected chi connectivity index (χ2v) is 3.21. The summed E-state index contributed by atoms with van der Waals surface area (Å²) >= 11 is 0. The van der Waals surface area contributed by atoms with Crippen LogP contribution in [0.1, 0.15) is 31.1 Å². The van der Waals surface area contributed by atoms with Gasteiger partial charge in [0.05, 0.1) is 0 Å². The van der Waals surface area contributed by atoms with Crippen LogP contribution in [0.5, 0.6) is 0 Å². The first-order chi connectivity index (χ1) is 6.95. The smallest absolute Gasteiger partial charge is 0.159 e. The topological polar surface area (TPSA) is 54.4 Å². The molecule has 0 saturated heterocycles. The Morgan fingerprint density at radius 2 is 1.53 bits per heavy atom. The van der Waals surface area contributed by atoms with Crippen LogP contribution in [0.15, 0.2) is 30.3 Å². The minimum absolute atomic E-state index is 0.121. The molecule has 1 aromatic carbocycles. The first-order valence-corrected chi connectivity index (χ1v) is 4.69. The Hall–Kier alpha value is -1.48. The number of benzene rings is 1. The molecule has 0 radical (unpaired) electrons. The number of carbonyl (C=O) groups excluding carboxylic acids is 2.